The van der Waals surface area contributed by atoms with Crippen LogP contribution in [-0.4, -0.2) is 30.6 Å². The van der Waals surface area contributed by atoms with Gasteiger partial charge in [0, 0.05) is 18.8 Å². The van der Waals surface area contributed by atoms with Crippen LogP contribution in [0.15, 0.2) is 11.2 Å². The molecule has 1 fully saturated rings. The minimum atomic E-state index is -3.55. The summed E-state index contributed by atoms with van der Waals surface area (Å²) in [6, 6.07) is -0.0640. The molecule has 1 heterocycles. The van der Waals surface area contributed by atoms with Gasteiger partial charge in [-0.3, -0.25) is 0 Å². The Kier molecular flexibility index (Phi) is 6.65. The van der Waals surface area contributed by atoms with E-state index in [1.807, 2.05) is 18.4 Å². The number of hydrogen-bond acceptors (Lipinski definition) is 4. The van der Waals surface area contributed by atoms with Gasteiger partial charge in [0.1, 0.15) is 5.82 Å². The second-order valence-electron chi connectivity index (χ2n) is 5.42. The van der Waals surface area contributed by atoms with Gasteiger partial charge in [0.25, 0.3) is 10.0 Å². The molecular weight excluding hydrogens is 312 g/mol. The number of imidazole rings is 1. The number of aryl methyl sites for hydroxylation is 2. The Balaban J connectivity index is 0.00000220. The van der Waals surface area contributed by atoms with Crippen LogP contribution in [0.3, 0.4) is 0 Å². The van der Waals surface area contributed by atoms with E-state index in [0.29, 0.717) is 18.9 Å². The maximum atomic E-state index is 12.4. The predicted molar refractivity (Wildman–Crippen MR) is 85.0 cm³/mol. The fourth-order valence-corrected chi connectivity index (χ4v) is 4.18. The molecule has 8 heteroatoms. The SMILES string of the molecule is CCn1cc(S(=O)(=O)NC2CCCCC2CN)nc1C.Cl. The molecule has 0 spiro atoms. The number of nitrogens with zero attached hydrogens (tertiary/aromatic N) is 2. The third-order valence-corrected chi connectivity index (χ3v) is 5.45. The second-order valence-corrected chi connectivity index (χ2v) is 7.08. The molecule has 122 valence electrons. The molecule has 1 aliphatic carbocycles. The highest BCUT2D eigenvalue weighted by Gasteiger charge is 2.29. The molecule has 2 unspecified atom stereocenters. The van der Waals surface area contributed by atoms with Crippen LogP contribution in [0.1, 0.15) is 38.4 Å². The number of hydrogen-bond donors (Lipinski definition) is 2. The van der Waals surface area contributed by atoms with Crippen LogP contribution in [0.4, 0.5) is 0 Å². The van der Waals surface area contributed by atoms with Crippen molar-refractivity contribution in [2.24, 2.45) is 11.7 Å². The zero-order valence-electron chi connectivity index (χ0n) is 12.6. The molecule has 0 aromatic carbocycles. The van der Waals surface area contributed by atoms with Gasteiger partial charge in [-0.15, -0.1) is 12.4 Å². The van der Waals surface area contributed by atoms with Crippen LogP contribution < -0.4 is 10.5 Å². The summed E-state index contributed by atoms with van der Waals surface area (Å²) in [6.45, 7) is 5.01. The van der Waals surface area contributed by atoms with Crippen molar-refractivity contribution in [2.75, 3.05) is 6.54 Å². The van der Waals surface area contributed by atoms with Crippen molar-refractivity contribution >= 4 is 22.4 Å². The lowest BCUT2D eigenvalue weighted by atomic mass is 9.85. The topological polar surface area (TPSA) is 90.0 Å². The highest BCUT2D eigenvalue weighted by molar-refractivity contribution is 7.89. The number of nitrogens with one attached hydrogen (secondary N) is 1. The first kappa shape index (κ1) is 18.4. The molecular formula is C13H25ClN4O2S. The van der Waals surface area contributed by atoms with Crippen LogP contribution >= 0.6 is 12.4 Å². The van der Waals surface area contributed by atoms with E-state index >= 15 is 0 Å². The smallest absolute Gasteiger partial charge is 0.259 e. The van der Waals surface area contributed by atoms with Gasteiger partial charge in [-0.25, -0.2) is 18.1 Å². The van der Waals surface area contributed by atoms with Gasteiger partial charge in [-0.2, -0.15) is 0 Å². The van der Waals surface area contributed by atoms with E-state index in [-0.39, 0.29) is 29.4 Å². The Bertz CT molecular complexity index is 559. The Hall–Kier alpha value is -0.630. The van der Waals surface area contributed by atoms with Crippen LogP contribution in [-0.2, 0) is 16.6 Å². The predicted octanol–water partition coefficient (Wildman–Crippen LogP) is 1.43. The lowest BCUT2D eigenvalue weighted by molar-refractivity contribution is 0.296. The Morgan fingerprint density at radius 1 is 1.43 bits per heavy atom. The second kappa shape index (κ2) is 7.58. The maximum Gasteiger partial charge on any atom is 0.259 e. The molecule has 0 saturated heterocycles. The van der Waals surface area contributed by atoms with Crippen molar-refractivity contribution in [1.82, 2.24) is 14.3 Å². The first-order chi connectivity index (χ1) is 9.47. The Morgan fingerprint density at radius 3 is 2.67 bits per heavy atom. The van der Waals surface area contributed by atoms with Crippen molar-refractivity contribution in [3.63, 3.8) is 0 Å². The van der Waals surface area contributed by atoms with Crippen molar-refractivity contribution in [3.8, 4) is 0 Å². The van der Waals surface area contributed by atoms with Gasteiger partial charge in [-0.05, 0) is 39.2 Å². The third-order valence-electron chi connectivity index (χ3n) is 4.09. The first-order valence-corrected chi connectivity index (χ1v) is 8.72. The van der Waals surface area contributed by atoms with E-state index in [1.165, 1.54) is 0 Å². The standard InChI is InChI=1S/C13H24N4O2S.ClH/c1-3-17-9-13(15-10(17)2)20(18,19)16-12-7-5-4-6-11(12)8-14;/h9,11-12,16H,3-8,14H2,1-2H3;1H. The minimum Gasteiger partial charge on any atom is -0.334 e. The van der Waals surface area contributed by atoms with Crippen LogP contribution in [0.25, 0.3) is 0 Å². The molecule has 0 aliphatic heterocycles. The summed E-state index contributed by atoms with van der Waals surface area (Å²) >= 11 is 0. The molecule has 1 saturated carbocycles. The minimum absolute atomic E-state index is 0. The van der Waals surface area contributed by atoms with E-state index in [2.05, 4.69) is 9.71 Å². The quantitative estimate of drug-likeness (QED) is 0.851. The molecule has 1 aromatic rings. The van der Waals surface area contributed by atoms with E-state index in [1.54, 1.807) is 6.20 Å². The molecule has 0 amide bonds. The van der Waals surface area contributed by atoms with Crippen LogP contribution in [0.2, 0.25) is 0 Å². The van der Waals surface area contributed by atoms with Gasteiger partial charge < -0.3 is 10.3 Å². The largest absolute Gasteiger partial charge is 0.334 e. The van der Waals surface area contributed by atoms with Gasteiger partial charge in [0.05, 0.1) is 0 Å². The third kappa shape index (κ3) is 4.18. The summed E-state index contributed by atoms with van der Waals surface area (Å²) < 4.78 is 29.5. The van der Waals surface area contributed by atoms with Gasteiger partial charge in [0.2, 0.25) is 0 Å². The van der Waals surface area contributed by atoms with E-state index in [0.717, 1.165) is 25.7 Å². The molecule has 1 aromatic heterocycles. The molecule has 3 N–H and O–H groups in total. The summed E-state index contributed by atoms with van der Waals surface area (Å²) in [6.07, 6.45) is 5.62. The lowest BCUT2D eigenvalue weighted by Gasteiger charge is -2.30. The van der Waals surface area contributed by atoms with Gasteiger partial charge in [0.15, 0.2) is 5.03 Å². The number of nitrogens with two attached hydrogens (primary N) is 1. The number of rotatable bonds is 5. The van der Waals surface area contributed by atoms with Crippen molar-refractivity contribution < 1.29 is 8.42 Å². The molecule has 0 radical (unpaired) electrons. The monoisotopic (exact) mass is 336 g/mol. The van der Waals surface area contributed by atoms with Crippen molar-refractivity contribution in [2.45, 2.75) is 57.1 Å². The average Bonchev–Trinajstić information content (AvgIpc) is 2.81. The van der Waals surface area contributed by atoms with E-state index in [9.17, 15) is 8.42 Å². The van der Waals surface area contributed by atoms with Crippen molar-refractivity contribution in [3.05, 3.63) is 12.0 Å². The van der Waals surface area contributed by atoms with Crippen molar-refractivity contribution in [1.29, 1.82) is 0 Å². The molecule has 2 rings (SSSR count). The summed E-state index contributed by atoms with van der Waals surface area (Å²) in [5.41, 5.74) is 5.75. The van der Waals surface area contributed by atoms with Gasteiger partial charge in [-0.1, -0.05) is 12.8 Å². The molecule has 21 heavy (non-hydrogen) atoms. The highest BCUT2D eigenvalue weighted by Crippen LogP contribution is 2.25. The van der Waals surface area contributed by atoms with Crippen LogP contribution in [0.5, 0.6) is 0 Å². The Morgan fingerprint density at radius 2 is 2.10 bits per heavy atom. The highest BCUT2D eigenvalue weighted by atomic mass is 35.5. The van der Waals surface area contributed by atoms with E-state index in [4.69, 9.17) is 5.73 Å². The number of aromatic nitrogens is 2. The summed E-state index contributed by atoms with van der Waals surface area (Å²) in [4.78, 5) is 4.15. The molecule has 6 nitrogen and oxygen atoms in total. The van der Waals surface area contributed by atoms with E-state index < -0.39 is 10.0 Å². The van der Waals surface area contributed by atoms with Gasteiger partial charge >= 0.3 is 0 Å². The summed E-state index contributed by atoms with van der Waals surface area (Å²) in [5.74, 6) is 0.944. The normalized spacial score (nSPS) is 22.8. The fourth-order valence-electron chi connectivity index (χ4n) is 2.83. The molecule has 1 aliphatic rings. The fraction of sp³-hybridized carbons (Fsp3) is 0.769. The lowest BCUT2D eigenvalue weighted by Crippen LogP contribution is -2.44. The zero-order chi connectivity index (χ0) is 14.8. The summed E-state index contributed by atoms with van der Waals surface area (Å²) in [7, 11) is -3.55. The molecule has 0 bridgehead atoms. The first-order valence-electron chi connectivity index (χ1n) is 7.24. The zero-order valence-corrected chi connectivity index (χ0v) is 14.2. The number of halogens is 1. The molecule has 2 atom stereocenters. The number of sulfonamides is 1. The average molecular weight is 337 g/mol. The Labute approximate surface area is 133 Å². The summed E-state index contributed by atoms with van der Waals surface area (Å²) in [5, 5.41) is 0.109. The van der Waals surface area contributed by atoms with Crippen LogP contribution in [0, 0.1) is 12.8 Å². The maximum absolute atomic E-state index is 12.4.